The first kappa shape index (κ1) is 9.41. The summed E-state index contributed by atoms with van der Waals surface area (Å²) in [5, 5.41) is 8.75. The van der Waals surface area contributed by atoms with Gasteiger partial charge in [-0.15, -0.1) is 0 Å². The van der Waals surface area contributed by atoms with Gasteiger partial charge in [-0.25, -0.2) is 0 Å². The standard InChI is InChI=1S/C9H10N2O2/c10-9(11-6-13)8-3-1-7(5-12)2-4-8/h1-4,6,12H,5H2,(H2,10,11,13). The van der Waals surface area contributed by atoms with Crippen LogP contribution in [0.15, 0.2) is 29.3 Å². The fraction of sp³-hybridized carbons (Fsp3) is 0.111. The number of aliphatic imine (C=N–C) groups is 1. The van der Waals surface area contributed by atoms with Crippen molar-refractivity contribution in [3.8, 4) is 0 Å². The second-order valence-electron chi connectivity index (χ2n) is 2.47. The SMILES string of the molecule is NC(=NC=O)c1ccc(CO)cc1. The Hall–Kier alpha value is -1.68. The number of nitrogens with zero attached hydrogens (tertiary/aromatic N) is 1. The molecule has 0 bridgehead atoms. The molecule has 0 atom stereocenters. The number of hydrogen-bond acceptors (Lipinski definition) is 2. The summed E-state index contributed by atoms with van der Waals surface area (Å²) in [4.78, 5) is 13.4. The molecule has 0 aliphatic rings. The number of carbonyl (C=O) groups is 1. The molecule has 3 N–H and O–H groups in total. The highest BCUT2D eigenvalue weighted by Crippen LogP contribution is 2.03. The number of hydrogen-bond donors (Lipinski definition) is 2. The summed E-state index contributed by atoms with van der Waals surface area (Å²) in [7, 11) is 0. The molecule has 1 amide bonds. The predicted octanol–water partition coefficient (Wildman–Crippen LogP) is 0.0406. The van der Waals surface area contributed by atoms with Crippen molar-refractivity contribution in [2.45, 2.75) is 6.61 Å². The van der Waals surface area contributed by atoms with Crippen molar-refractivity contribution in [2.75, 3.05) is 0 Å². The summed E-state index contributed by atoms with van der Waals surface area (Å²) in [5.41, 5.74) is 6.92. The first-order valence-electron chi connectivity index (χ1n) is 3.75. The van der Waals surface area contributed by atoms with E-state index in [1.807, 2.05) is 0 Å². The molecule has 0 fully saturated rings. The van der Waals surface area contributed by atoms with Crippen LogP contribution in [0.4, 0.5) is 0 Å². The Morgan fingerprint density at radius 3 is 2.54 bits per heavy atom. The molecule has 0 saturated heterocycles. The van der Waals surface area contributed by atoms with Crippen LogP contribution in [0.1, 0.15) is 11.1 Å². The number of nitrogens with two attached hydrogens (primary N) is 1. The summed E-state index contributed by atoms with van der Waals surface area (Å²) in [5.74, 6) is 0.180. The minimum atomic E-state index is -0.00892. The van der Waals surface area contributed by atoms with Crippen LogP contribution >= 0.6 is 0 Å². The molecule has 0 heterocycles. The average Bonchev–Trinajstić information content (AvgIpc) is 2.18. The van der Waals surface area contributed by atoms with Gasteiger partial charge in [-0.1, -0.05) is 24.3 Å². The molecule has 0 saturated carbocycles. The van der Waals surface area contributed by atoms with Gasteiger partial charge in [-0.2, -0.15) is 4.99 Å². The molecule has 0 spiro atoms. The second-order valence-corrected chi connectivity index (χ2v) is 2.47. The topological polar surface area (TPSA) is 75.7 Å². The Kier molecular flexibility index (Phi) is 3.16. The van der Waals surface area contributed by atoms with Crippen molar-refractivity contribution >= 4 is 12.2 Å². The molecule has 0 radical (unpaired) electrons. The molecule has 4 heteroatoms. The zero-order chi connectivity index (χ0) is 9.68. The van der Waals surface area contributed by atoms with Gasteiger partial charge in [-0.3, -0.25) is 4.79 Å². The van der Waals surface area contributed by atoms with E-state index in [1.54, 1.807) is 24.3 Å². The molecule has 4 nitrogen and oxygen atoms in total. The molecular weight excluding hydrogens is 168 g/mol. The summed E-state index contributed by atoms with van der Waals surface area (Å²) in [6, 6.07) is 6.85. The maximum absolute atomic E-state index is 10.0. The normalized spacial score (nSPS) is 11.3. The van der Waals surface area contributed by atoms with Gasteiger partial charge in [0.15, 0.2) is 0 Å². The van der Waals surface area contributed by atoms with Gasteiger partial charge >= 0.3 is 0 Å². The van der Waals surface area contributed by atoms with E-state index < -0.39 is 0 Å². The minimum Gasteiger partial charge on any atom is -0.392 e. The fourth-order valence-electron chi connectivity index (χ4n) is 0.912. The quantitative estimate of drug-likeness (QED) is 0.390. The van der Waals surface area contributed by atoms with Crippen molar-refractivity contribution in [3.05, 3.63) is 35.4 Å². The number of aliphatic hydroxyl groups excluding tert-OH is 1. The zero-order valence-corrected chi connectivity index (χ0v) is 6.97. The number of rotatable bonds is 3. The molecule has 0 unspecified atom stereocenters. The molecule has 0 aromatic heterocycles. The molecule has 1 aromatic rings. The number of benzene rings is 1. The largest absolute Gasteiger partial charge is 0.392 e. The van der Waals surface area contributed by atoms with Crippen LogP contribution in [-0.2, 0) is 11.4 Å². The van der Waals surface area contributed by atoms with Crippen molar-refractivity contribution in [2.24, 2.45) is 10.7 Å². The van der Waals surface area contributed by atoms with Gasteiger partial charge in [0.2, 0.25) is 6.41 Å². The van der Waals surface area contributed by atoms with Crippen molar-refractivity contribution in [1.29, 1.82) is 0 Å². The molecule has 68 valence electrons. The van der Waals surface area contributed by atoms with Gasteiger partial charge in [0.25, 0.3) is 0 Å². The van der Waals surface area contributed by atoms with Crippen LogP contribution in [0.2, 0.25) is 0 Å². The van der Waals surface area contributed by atoms with Crippen molar-refractivity contribution < 1.29 is 9.90 Å². The van der Waals surface area contributed by atoms with Crippen LogP contribution in [0.3, 0.4) is 0 Å². The second kappa shape index (κ2) is 4.37. The Morgan fingerprint density at radius 1 is 1.46 bits per heavy atom. The monoisotopic (exact) mass is 178 g/mol. The van der Waals surface area contributed by atoms with Crippen LogP contribution in [0, 0.1) is 0 Å². The number of amidine groups is 1. The number of amides is 1. The molecule has 1 aromatic carbocycles. The summed E-state index contributed by atoms with van der Waals surface area (Å²) < 4.78 is 0. The van der Waals surface area contributed by atoms with Gasteiger partial charge in [-0.05, 0) is 5.56 Å². The van der Waals surface area contributed by atoms with Gasteiger partial charge in [0.1, 0.15) is 5.84 Å². The smallest absolute Gasteiger partial charge is 0.234 e. The highest BCUT2D eigenvalue weighted by molar-refractivity contribution is 6.00. The van der Waals surface area contributed by atoms with Crippen LogP contribution in [0.25, 0.3) is 0 Å². The highest BCUT2D eigenvalue weighted by atomic mass is 16.3. The minimum absolute atomic E-state index is 0.00892. The first-order chi connectivity index (χ1) is 6.27. The van der Waals surface area contributed by atoms with Crippen molar-refractivity contribution in [3.63, 3.8) is 0 Å². The molecular formula is C9H10N2O2. The van der Waals surface area contributed by atoms with Crippen LogP contribution < -0.4 is 5.73 Å². The zero-order valence-electron chi connectivity index (χ0n) is 6.97. The van der Waals surface area contributed by atoms with E-state index in [0.717, 1.165) is 5.56 Å². The number of aliphatic hydroxyl groups is 1. The Labute approximate surface area is 75.7 Å². The van der Waals surface area contributed by atoms with E-state index >= 15 is 0 Å². The lowest BCUT2D eigenvalue weighted by Crippen LogP contribution is -2.13. The lowest BCUT2D eigenvalue weighted by Gasteiger charge is -1.99. The first-order valence-corrected chi connectivity index (χ1v) is 3.75. The molecule has 0 aliphatic heterocycles. The lowest BCUT2D eigenvalue weighted by atomic mass is 10.1. The van der Waals surface area contributed by atoms with Gasteiger partial charge in [0, 0.05) is 5.56 Å². The van der Waals surface area contributed by atoms with E-state index in [-0.39, 0.29) is 12.4 Å². The third-order valence-electron chi connectivity index (χ3n) is 1.62. The van der Waals surface area contributed by atoms with E-state index in [0.29, 0.717) is 12.0 Å². The summed E-state index contributed by atoms with van der Waals surface area (Å²) in [6.07, 6.45) is 0.398. The number of carbonyl (C=O) groups excluding carboxylic acids is 1. The summed E-state index contributed by atoms with van der Waals surface area (Å²) >= 11 is 0. The Bertz CT molecular complexity index is 317. The molecule has 0 aliphatic carbocycles. The van der Waals surface area contributed by atoms with Gasteiger partial charge in [0.05, 0.1) is 6.61 Å². The Balaban J connectivity index is 2.91. The Morgan fingerprint density at radius 2 is 2.08 bits per heavy atom. The maximum Gasteiger partial charge on any atom is 0.234 e. The third-order valence-corrected chi connectivity index (χ3v) is 1.62. The maximum atomic E-state index is 10.0. The average molecular weight is 178 g/mol. The third kappa shape index (κ3) is 2.38. The van der Waals surface area contributed by atoms with Crippen molar-refractivity contribution in [1.82, 2.24) is 0 Å². The van der Waals surface area contributed by atoms with Crippen LogP contribution in [-0.4, -0.2) is 17.4 Å². The lowest BCUT2D eigenvalue weighted by molar-refractivity contribution is -0.106. The highest BCUT2D eigenvalue weighted by Gasteiger charge is 1.97. The predicted molar refractivity (Wildman–Crippen MR) is 49.2 cm³/mol. The molecule has 1 rings (SSSR count). The van der Waals surface area contributed by atoms with E-state index in [9.17, 15) is 4.79 Å². The fourth-order valence-corrected chi connectivity index (χ4v) is 0.912. The van der Waals surface area contributed by atoms with Gasteiger partial charge < -0.3 is 10.8 Å². The van der Waals surface area contributed by atoms with Crippen LogP contribution in [0.5, 0.6) is 0 Å². The molecule has 13 heavy (non-hydrogen) atoms. The van der Waals surface area contributed by atoms with E-state index in [4.69, 9.17) is 10.8 Å². The van der Waals surface area contributed by atoms with E-state index in [1.165, 1.54) is 0 Å². The van der Waals surface area contributed by atoms with E-state index in [2.05, 4.69) is 4.99 Å². The summed E-state index contributed by atoms with van der Waals surface area (Å²) in [6.45, 7) is -0.00892.